The van der Waals surface area contributed by atoms with E-state index in [-0.39, 0.29) is 25.7 Å². The van der Waals surface area contributed by atoms with Crippen LogP contribution in [0.4, 0.5) is 4.79 Å². The summed E-state index contributed by atoms with van der Waals surface area (Å²) in [6.07, 6.45) is -0.752. The number of carboxylic acids is 1. The average molecular weight is 456 g/mol. The summed E-state index contributed by atoms with van der Waals surface area (Å²) in [6.45, 7) is 0.0770. The molecule has 33 heavy (non-hydrogen) atoms. The molecule has 0 saturated heterocycles. The molecule has 0 spiro atoms. The third-order valence-electron chi connectivity index (χ3n) is 5.45. The lowest BCUT2D eigenvalue weighted by Gasteiger charge is -2.24. The number of alkyl carbamates (subject to hydrolysis) is 1. The summed E-state index contributed by atoms with van der Waals surface area (Å²) in [5, 5.41) is 14.2. The second-order valence-electron chi connectivity index (χ2n) is 8.14. The lowest BCUT2D eigenvalue weighted by Crippen LogP contribution is -2.56. The fourth-order valence-electron chi connectivity index (χ4n) is 3.96. The molecule has 176 valence electrons. The van der Waals surface area contributed by atoms with Crippen LogP contribution in [-0.2, 0) is 19.1 Å². The summed E-state index contributed by atoms with van der Waals surface area (Å²) in [7, 11) is 4.82. The highest BCUT2D eigenvalue weighted by atomic mass is 16.5. The lowest BCUT2D eigenvalue weighted by atomic mass is 9.98. The van der Waals surface area contributed by atoms with Gasteiger partial charge in [-0.1, -0.05) is 48.5 Å². The Hall–Kier alpha value is -3.43. The van der Waals surface area contributed by atoms with Crippen LogP contribution in [0.5, 0.6) is 0 Å². The van der Waals surface area contributed by atoms with Crippen molar-refractivity contribution in [1.82, 2.24) is 15.5 Å². The fraction of sp³-hybridized carbons (Fsp3) is 0.375. The van der Waals surface area contributed by atoms with Gasteiger partial charge in [-0.25, -0.2) is 9.59 Å². The number of carbonyl (C=O) groups excluding carboxylic acids is 2. The number of carboxylic acid groups (broad SMARTS) is 1. The largest absolute Gasteiger partial charge is 0.480 e. The Morgan fingerprint density at radius 1 is 0.970 bits per heavy atom. The van der Waals surface area contributed by atoms with E-state index in [0.29, 0.717) is 0 Å². The maximum Gasteiger partial charge on any atom is 0.407 e. The first kappa shape index (κ1) is 24.2. The molecule has 3 N–H and O–H groups in total. The lowest BCUT2D eigenvalue weighted by molar-refractivity contribution is -0.143. The monoisotopic (exact) mass is 455 g/mol. The van der Waals surface area contributed by atoms with Crippen molar-refractivity contribution in [3.8, 4) is 11.1 Å². The molecule has 0 aliphatic heterocycles. The molecule has 1 aliphatic carbocycles. The van der Waals surface area contributed by atoms with E-state index in [4.69, 9.17) is 9.47 Å². The summed E-state index contributed by atoms with van der Waals surface area (Å²) in [5.41, 5.74) is 4.39. The van der Waals surface area contributed by atoms with E-state index in [9.17, 15) is 19.5 Å². The molecule has 2 aromatic rings. The van der Waals surface area contributed by atoms with Gasteiger partial charge in [-0.15, -0.1) is 0 Å². The minimum atomic E-state index is -1.23. The van der Waals surface area contributed by atoms with Crippen molar-refractivity contribution in [3.05, 3.63) is 59.7 Å². The van der Waals surface area contributed by atoms with Crippen LogP contribution in [0.1, 0.15) is 17.0 Å². The van der Waals surface area contributed by atoms with E-state index in [0.717, 1.165) is 22.3 Å². The molecule has 0 saturated carbocycles. The Kier molecular flexibility index (Phi) is 8.02. The number of nitrogens with one attached hydrogen (secondary N) is 2. The van der Waals surface area contributed by atoms with Crippen molar-refractivity contribution in [2.45, 2.75) is 18.0 Å². The number of benzene rings is 2. The van der Waals surface area contributed by atoms with Crippen LogP contribution in [0.3, 0.4) is 0 Å². The standard InChI is InChI=1S/C24H29N3O6/c1-27(2)12-20(22(28)25-21(14-32-3)23(29)30)26-24(31)33-13-19-17-10-6-4-8-15(17)16-9-5-7-11-18(16)19/h4-11,19-21H,12-14H2,1-3H3,(H,25,28)(H,26,31)(H,29,30)/t20-,21-/m0/s1. The Labute approximate surface area is 192 Å². The van der Waals surface area contributed by atoms with Crippen LogP contribution in [0.15, 0.2) is 48.5 Å². The number of carbonyl (C=O) groups is 3. The van der Waals surface area contributed by atoms with Gasteiger partial charge in [-0.3, -0.25) is 4.79 Å². The smallest absolute Gasteiger partial charge is 0.407 e. The normalized spacial score (nSPS) is 14.2. The molecule has 1 aliphatic rings. The summed E-state index contributed by atoms with van der Waals surface area (Å²) in [6, 6.07) is 13.8. The van der Waals surface area contributed by atoms with Gasteiger partial charge in [0.15, 0.2) is 6.04 Å². The number of hydrogen-bond acceptors (Lipinski definition) is 6. The van der Waals surface area contributed by atoms with Gasteiger partial charge in [0.05, 0.1) is 6.61 Å². The molecular weight excluding hydrogens is 426 g/mol. The van der Waals surface area contributed by atoms with Crippen LogP contribution >= 0.6 is 0 Å². The highest BCUT2D eigenvalue weighted by Crippen LogP contribution is 2.44. The Bertz CT molecular complexity index is 964. The molecular formula is C24H29N3O6. The summed E-state index contributed by atoms with van der Waals surface area (Å²) in [4.78, 5) is 38.3. The van der Waals surface area contributed by atoms with Gasteiger partial charge in [0.2, 0.25) is 5.91 Å². The maximum absolute atomic E-state index is 12.7. The van der Waals surface area contributed by atoms with Crippen LogP contribution in [-0.4, -0.2) is 81.0 Å². The zero-order valence-electron chi connectivity index (χ0n) is 18.9. The topological polar surface area (TPSA) is 117 Å². The van der Waals surface area contributed by atoms with E-state index in [1.54, 1.807) is 19.0 Å². The van der Waals surface area contributed by atoms with Crippen molar-refractivity contribution < 1.29 is 29.0 Å². The molecule has 0 radical (unpaired) electrons. The van der Waals surface area contributed by atoms with Crippen LogP contribution < -0.4 is 10.6 Å². The number of ether oxygens (including phenoxy) is 2. The maximum atomic E-state index is 12.7. The van der Waals surface area contributed by atoms with Crippen molar-refractivity contribution in [3.63, 3.8) is 0 Å². The van der Waals surface area contributed by atoms with Gasteiger partial charge in [0, 0.05) is 19.6 Å². The molecule has 0 aromatic heterocycles. The predicted molar refractivity (Wildman–Crippen MR) is 122 cm³/mol. The van der Waals surface area contributed by atoms with E-state index in [1.165, 1.54) is 7.11 Å². The summed E-state index contributed by atoms with van der Waals surface area (Å²) in [5.74, 6) is -1.97. The molecule has 0 fully saturated rings. The number of nitrogens with zero attached hydrogens (tertiary/aromatic N) is 1. The fourth-order valence-corrected chi connectivity index (χ4v) is 3.96. The number of hydrogen-bond donors (Lipinski definition) is 3. The summed E-state index contributed by atoms with van der Waals surface area (Å²) >= 11 is 0. The second-order valence-corrected chi connectivity index (χ2v) is 8.14. The van der Waals surface area contributed by atoms with Gasteiger partial charge in [-0.05, 0) is 36.3 Å². The van der Waals surface area contributed by atoms with Gasteiger partial charge < -0.3 is 30.1 Å². The third-order valence-corrected chi connectivity index (χ3v) is 5.45. The van der Waals surface area contributed by atoms with Gasteiger partial charge >= 0.3 is 12.1 Å². The molecule has 0 heterocycles. The molecule has 3 rings (SSSR count). The summed E-state index contributed by atoms with van der Waals surface area (Å²) < 4.78 is 10.4. The van der Waals surface area contributed by atoms with Crippen LogP contribution in [0.2, 0.25) is 0 Å². The Morgan fingerprint density at radius 2 is 1.55 bits per heavy atom. The number of methoxy groups -OCH3 is 1. The van der Waals surface area contributed by atoms with Crippen molar-refractivity contribution in [1.29, 1.82) is 0 Å². The molecule has 0 unspecified atom stereocenters. The number of likely N-dealkylation sites (N-methyl/N-ethyl adjacent to an activating group) is 1. The van der Waals surface area contributed by atoms with Crippen LogP contribution in [0.25, 0.3) is 11.1 Å². The molecule has 2 amide bonds. The SMILES string of the molecule is COC[C@H](NC(=O)[C@H](CN(C)C)NC(=O)OCC1c2ccccc2-c2ccccc21)C(=O)O. The molecule has 2 atom stereocenters. The zero-order chi connectivity index (χ0) is 24.0. The molecule has 0 bridgehead atoms. The minimum Gasteiger partial charge on any atom is -0.480 e. The van der Waals surface area contributed by atoms with Crippen LogP contribution in [0, 0.1) is 0 Å². The molecule has 9 nitrogen and oxygen atoms in total. The first-order valence-electron chi connectivity index (χ1n) is 10.6. The zero-order valence-corrected chi connectivity index (χ0v) is 18.9. The average Bonchev–Trinajstić information content (AvgIpc) is 3.10. The number of rotatable bonds is 10. The molecule has 9 heteroatoms. The van der Waals surface area contributed by atoms with Crippen molar-refractivity contribution in [2.24, 2.45) is 0 Å². The number of amides is 2. The Balaban J connectivity index is 1.66. The quantitative estimate of drug-likeness (QED) is 0.499. The second kappa shape index (κ2) is 10.9. The van der Waals surface area contributed by atoms with E-state index < -0.39 is 30.1 Å². The van der Waals surface area contributed by atoms with E-state index >= 15 is 0 Å². The van der Waals surface area contributed by atoms with Gasteiger partial charge in [0.1, 0.15) is 12.6 Å². The third kappa shape index (κ3) is 5.88. The highest BCUT2D eigenvalue weighted by molar-refractivity contribution is 5.89. The Morgan fingerprint density at radius 3 is 2.06 bits per heavy atom. The highest BCUT2D eigenvalue weighted by Gasteiger charge is 2.31. The first-order chi connectivity index (χ1) is 15.8. The minimum absolute atomic E-state index is 0.109. The number of aliphatic carboxylic acids is 1. The van der Waals surface area contributed by atoms with Gasteiger partial charge in [0.25, 0.3) is 0 Å². The molecule has 2 aromatic carbocycles. The van der Waals surface area contributed by atoms with Crippen molar-refractivity contribution >= 4 is 18.0 Å². The van der Waals surface area contributed by atoms with E-state index in [2.05, 4.69) is 10.6 Å². The first-order valence-corrected chi connectivity index (χ1v) is 10.6. The van der Waals surface area contributed by atoms with Crippen molar-refractivity contribution in [2.75, 3.05) is 41.0 Å². The van der Waals surface area contributed by atoms with E-state index in [1.807, 2.05) is 48.5 Å². The number of fused-ring (bicyclic) bond motifs is 3. The predicted octanol–water partition coefficient (Wildman–Crippen LogP) is 1.67. The van der Waals surface area contributed by atoms with Gasteiger partial charge in [-0.2, -0.15) is 0 Å².